The number of allylic oxidation sites excluding steroid dienone is 1. The zero-order chi connectivity index (χ0) is 21.6. The Balaban J connectivity index is 1.24. The van der Waals surface area contributed by atoms with Gasteiger partial charge < -0.3 is 9.15 Å². The van der Waals surface area contributed by atoms with Crippen molar-refractivity contribution in [3.8, 4) is 5.75 Å². The van der Waals surface area contributed by atoms with Crippen molar-refractivity contribution in [3.63, 3.8) is 0 Å². The molecule has 1 aromatic heterocycles. The summed E-state index contributed by atoms with van der Waals surface area (Å²) in [5, 5.41) is 11.1. The number of nitro groups is 1. The fraction of sp³-hybridized carbons (Fsp3) is 0.458. The fourth-order valence-electron chi connectivity index (χ4n) is 6.21. The molecule has 0 aliphatic heterocycles. The van der Waals surface area contributed by atoms with Crippen LogP contribution in [0.25, 0.3) is 6.08 Å². The first-order valence-corrected chi connectivity index (χ1v) is 10.8. The summed E-state index contributed by atoms with van der Waals surface area (Å²) >= 11 is 0. The molecule has 2 aromatic rings. The van der Waals surface area contributed by atoms with Gasteiger partial charge in [0.05, 0.1) is 4.92 Å². The Labute approximate surface area is 179 Å². The number of hydrogen-bond donors (Lipinski definition) is 0. The van der Waals surface area contributed by atoms with Crippen molar-refractivity contribution in [1.82, 2.24) is 0 Å². The van der Waals surface area contributed by atoms with E-state index in [0.717, 1.165) is 37.5 Å². The third kappa shape index (κ3) is 3.89. The molecule has 0 N–H and O–H groups in total. The van der Waals surface area contributed by atoms with Crippen molar-refractivity contribution >= 4 is 17.5 Å². The molecule has 4 saturated carbocycles. The Morgan fingerprint density at radius 1 is 1.16 bits per heavy atom. The van der Waals surface area contributed by atoms with Gasteiger partial charge in [-0.1, -0.05) is 0 Å². The van der Waals surface area contributed by atoms with Gasteiger partial charge in [0.2, 0.25) is 0 Å². The summed E-state index contributed by atoms with van der Waals surface area (Å²) in [4.78, 5) is 23.5. The highest BCUT2D eigenvalue weighted by atomic mass is 19.1. The minimum atomic E-state index is -0.624. The number of carbonyl (C=O) groups is 1. The molecule has 0 spiro atoms. The number of nitro benzene ring substituents is 1. The van der Waals surface area contributed by atoms with Crippen LogP contribution in [-0.2, 0) is 11.4 Å². The molecule has 7 heteroatoms. The third-order valence-corrected chi connectivity index (χ3v) is 7.13. The molecule has 0 atom stereocenters. The van der Waals surface area contributed by atoms with Gasteiger partial charge in [-0.15, -0.1) is 0 Å². The Morgan fingerprint density at radius 3 is 2.48 bits per heavy atom. The molecule has 1 heterocycles. The summed E-state index contributed by atoms with van der Waals surface area (Å²) < 4.78 is 24.5. The summed E-state index contributed by atoms with van der Waals surface area (Å²) in [5.74, 6) is 2.51. The predicted molar refractivity (Wildman–Crippen MR) is 111 cm³/mol. The SMILES string of the molecule is O=C(/C=C/c1ccc(COc2cc(F)ccc2[N+](=O)[O-])o1)C12CC3CC(CC(C3)C1)C2. The third-order valence-electron chi connectivity index (χ3n) is 7.13. The Hall–Kier alpha value is -2.96. The molecule has 4 fully saturated rings. The van der Waals surface area contributed by atoms with Gasteiger partial charge in [0.25, 0.3) is 0 Å². The van der Waals surface area contributed by atoms with E-state index in [4.69, 9.17) is 9.15 Å². The van der Waals surface area contributed by atoms with Crippen molar-refractivity contribution in [2.24, 2.45) is 23.2 Å². The lowest BCUT2D eigenvalue weighted by Crippen LogP contribution is -2.49. The number of benzene rings is 1. The van der Waals surface area contributed by atoms with Crippen LogP contribution in [-0.4, -0.2) is 10.7 Å². The van der Waals surface area contributed by atoms with Crippen LogP contribution < -0.4 is 4.74 Å². The Kier molecular flexibility index (Phi) is 4.91. The standard InChI is InChI=1S/C24H24FNO5/c25-18-1-5-21(26(28)29)22(10-18)30-14-20-3-2-19(31-20)4-6-23(27)24-11-15-7-16(12-24)9-17(8-15)13-24/h1-6,10,15-17H,7-9,11-14H2/b6-4+. The lowest BCUT2D eigenvalue weighted by molar-refractivity contribution is -0.386. The monoisotopic (exact) mass is 425 g/mol. The van der Waals surface area contributed by atoms with Crippen LogP contribution in [0.5, 0.6) is 5.75 Å². The number of halogens is 1. The summed E-state index contributed by atoms with van der Waals surface area (Å²) in [6.45, 7) is -0.0823. The van der Waals surface area contributed by atoms with E-state index >= 15 is 0 Å². The zero-order valence-electron chi connectivity index (χ0n) is 17.1. The van der Waals surface area contributed by atoms with Crippen LogP contribution in [0.15, 0.2) is 40.8 Å². The second kappa shape index (κ2) is 7.62. The minimum Gasteiger partial charge on any atom is -0.479 e. The van der Waals surface area contributed by atoms with Gasteiger partial charge in [-0.2, -0.15) is 0 Å². The number of rotatable bonds is 7. The predicted octanol–water partition coefficient (Wildman–Crippen LogP) is 5.70. The van der Waals surface area contributed by atoms with Gasteiger partial charge in [0.15, 0.2) is 11.5 Å². The molecule has 4 aliphatic carbocycles. The van der Waals surface area contributed by atoms with E-state index in [1.54, 1.807) is 24.3 Å². The van der Waals surface area contributed by atoms with Gasteiger partial charge in [-0.05, 0) is 86.6 Å². The van der Waals surface area contributed by atoms with Crippen LogP contribution in [0.1, 0.15) is 50.0 Å². The van der Waals surface area contributed by atoms with Crippen LogP contribution in [0.2, 0.25) is 0 Å². The smallest absolute Gasteiger partial charge is 0.311 e. The number of nitrogens with zero attached hydrogens (tertiary/aromatic N) is 1. The summed E-state index contributed by atoms with van der Waals surface area (Å²) in [7, 11) is 0. The zero-order valence-corrected chi connectivity index (χ0v) is 17.1. The van der Waals surface area contributed by atoms with Crippen molar-refractivity contribution in [2.45, 2.75) is 45.1 Å². The molecule has 0 amide bonds. The Morgan fingerprint density at radius 2 is 1.84 bits per heavy atom. The molecule has 1 aromatic carbocycles. The number of hydrogen-bond acceptors (Lipinski definition) is 5. The highest BCUT2D eigenvalue weighted by Crippen LogP contribution is 2.60. The average Bonchev–Trinajstić information content (AvgIpc) is 3.17. The summed E-state index contributed by atoms with van der Waals surface area (Å²) in [6.07, 6.45) is 10.3. The Bertz CT molecular complexity index is 1020. The second-order valence-corrected chi connectivity index (χ2v) is 9.36. The van der Waals surface area contributed by atoms with E-state index < -0.39 is 10.7 Å². The van der Waals surface area contributed by atoms with Crippen molar-refractivity contribution in [2.75, 3.05) is 0 Å². The maximum Gasteiger partial charge on any atom is 0.311 e. The van der Waals surface area contributed by atoms with Crippen LogP contribution in [0.4, 0.5) is 10.1 Å². The molecule has 0 radical (unpaired) electrons. The van der Waals surface area contributed by atoms with E-state index in [1.807, 2.05) is 0 Å². The molecule has 31 heavy (non-hydrogen) atoms. The number of furan rings is 1. The van der Waals surface area contributed by atoms with Gasteiger partial charge in [-0.3, -0.25) is 14.9 Å². The molecule has 4 aliphatic rings. The van der Waals surface area contributed by atoms with Gasteiger partial charge in [-0.25, -0.2) is 4.39 Å². The summed E-state index contributed by atoms with van der Waals surface area (Å²) in [6, 6.07) is 6.47. The van der Waals surface area contributed by atoms with Crippen LogP contribution >= 0.6 is 0 Å². The molecular formula is C24H24FNO5. The molecular weight excluding hydrogens is 401 g/mol. The lowest BCUT2D eigenvalue weighted by atomic mass is 9.48. The van der Waals surface area contributed by atoms with Crippen molar-refractivity contribution in [3.05, 3.63) is 63.9 Å². The van der Waals surface area contributed by atoms with Crippen LogP contribution in [0, 0.1) is 39.1 Å². The first-order valence-electron chi connectivity index (χ1n) is 10.8. The minimum absolute atomic E-state index is 0.0823. The quantitative estimate of drug-likeness (QED) is 0.323. The van der Waals surface area contributed by atoms with Gasteiger partial charge in [0.1, 0.15) is 23.9 Å². The largest absolute Gasteiger partial charge is 0.479 e. The maximum absolute atomic E-state index is 13.4. The summed E-state index contributed by atoms with van der Waals surface area (Å²) in [5.41, 5.74) is -0.491. The van der Waals surface area contributed by atoms with Crippen molar-refractivity contribution in [1.29, 1.82) is 0 Å². The van der Waals surface area contributed by atoms with Crippen molar-refractivity contribution < 1.29 is 23.3 Å². The van der Waals surface area contributed by atoms with Gasteiger partial charge >= 0.3 is 5.69 Å². The lowest BCUT2D eigenvalue weighted by Gasteiger charge is -2.55. The molecule has 6 nitrogen and oxygen atoms in total. The molecule has 0 saturated heterocycles. The topological polar surface area (TPSA) is 82.6 Å². The van der Waals surface area contributed by atoms with E-state index in [0.29, 0.717) is 29.3 Å². The van der Waals surface area contributed by atoms with Gasteiger partial charge in [0, 0.05) is 17.5 Å². The average molecular weight is 425 g/mol. The maximum atomic E-state index is 13.4. The number of ether oxygens (including phenoxy) is 1. The molecule has 4 bridgehead atoms. The molecule has 6 rings (SSSR count). The van der Waals surface area contributed by atoms with E-state index in [-0.39, 0.29) is 29.2 Å². The van der Waals surface area contributed by atoms with E-state index in [9.17, 15) is 19.3 Å². The number of ketones is 1. The highest BCUT2D eigenvalue weighted by Gasteiger charge is 2.53. The normalized spacial score (nSPS) is 28.9. The molecule has 162 valence electrons. The van der Waals surface area contributed by atoms with E-state index in [1.165, 1.54) is 19.3 Å². The first kappa shape index (κ1) is 20.0. The number of carbonyl (C=O) groups excluding carboxylic acids is 1. The molecule has 0 unspecified atom stereocenters. The first-order chi connectivity index (χ1) is 14.9. The highest BCUT2D eigenvalue weighted by molar-refractivity contribution is 5.98. The van der Waals surface area contributed by atoms with E-state index in [2.05, 4.69) is 0 Å². The van der Waals surface area contributed by atoms with Crippen LogP contribution in [0.3, 0.4) is 0 Å². The second-order valence-electron chi connectivity index (χ2n) is 9.36. The fourth-order valence-corrected chi connectivity index (χ4v) is 6.21.